The Labute approximate surface area is 133 Å². The van der Waals surface area contributed by atoms with Crippen molar-refractivity contribution < 1.29 is 17.4 Å². The van der Waals surface area contributed by atoms with Crippen molar-refractivity contribution in [3.8, 4) is 0 Å². The van der Waals surface area contributed by atoms with Crippen LogP contribution in [-0.4, -0.2) is 8.96 Å². The third-order valence-corrected chi connectivity index (χ3v) is 5.20. The van der Waals surface area contributed by atoms with E-state index < -0.39 is 33.0 Å². The Hall–Kier alpha value is -0.880. The van der Waals surface area contributed by atoms with E-state index >= 15 is 0 Å². The molecule has 0 radical (unpaired) electrons. The molecule has 0 bridgehead atoms. The normalized spacial score (nSPS) is 17.1. The highest BCUT2D eigenvalue weighted by atomic mass is 32.2. The first-order chi connectivity index (χ1) is 9.90. The third kappa shape index (κ3) is 4.81. The number of halogens is 3. The van der Waals surface area contributed by atoms with Crippen LogP contribution in [-0.2, 0) is 22.7 Å². The van der Waals surface area contributed by atoms with Gasteiger partial charge < -0.3 is 0 Å². The molecule has 0 fully saturated rings. The van der Waals surface area contributed by atoms with Crippen LogP contribution in [0, 0.1) is 0 Å². The average Bonchev–Trinajstić information content (AvgIpc) is 2.37. The first kappa shape index (κ1) is 19.2. The van der Waals surface area contributed by atoms with Gasteiger partial charge in [-0.25, -0.2) is 8.93 Å². The predicted molar refractivity (Wildman–Crippen MR) is 84.7 cm³/mol. The van der Waals surface area contributed by atoms with E-state index in [0.29, 0.717) is 12.0 Å². The van der Waals surface area contributed by atoms with Gasteiger partial charge in [-0.2, -0.15) is 13.2 Å². The van der Waals surface area contributed by atoms with Crippen molar-refractivity contribution in [2.24, 2.45) is 0 Å². The van der Waals surface area contributed by atoms with E-state index in [1.807, 2.05) is 27.7 Å². The molecule has 2 unspecified atom stereocenters. The Morgan fingerprint density at radius 1 is 1.09 bits per heavy atom. The van der Waals surface area contributed by atoms with Gasteiger partial charge in [-0.1, -0.05) is 25.5 Å². The van der Waals surface area contributed by atoms with Crippen molar-refractivity contribution in [1.29, 1.82) is 0 Å². The summed E-state index contributed by atoms with van der Waals surface area (Å²) in [5, 5.41) is 0. The molecule has 22 heavy (non-hydrogen) atoms. The Balaban J connectivity index is 3.22. The lowest BCUT2D eigenvalue weighted by Gasteiger charge is -2.34. The van der Waals surface area contributed by atoms with Gasteiger partial charge in [-0.05, 0) is 51.8 Å². The van der Waals surface area contributed by atoms with Crippen LogP contribution in [0.15, 0.2) is 24.3 Å². The SMILES string of the molecule is CCCC(C)(NS(=O)C(C)(C)C)c1cccc(C(F)(F)F)c1. The van der Waals surface area contributed by atoms with Gasteiger partial charge in [0, 0.05) is 0 Å². The van der Waals surface area contributed by atoms with Gasteiger partial charge >= 0.3 is 6.18 Å². The quantitative estimate of drug-likeness (QED) is 0.825. The number of hydrogen-bond acceptors (Lipinski definition) is 1. The van der Waals surface area contributed by atoms with Gasteiger partial charge in [-0.3, -0.25) is 0 Å². The predicted octanol–water partition coefficient (Wildman–Crippen LogP) is 4.77. The molecule has 0 saturated heterocycles. The molecule has 0 heterocycles. The van der Waals surface area contributed by atoms with Crippen molar-refractivity contribution in [1.82, 2.24) is 4.72 Å². The number of hydrogen-bond donors (Lipinski definition) is 1. The molecule has 0 aliphatic carbocycles. The van der Waals surface area contributed by atoms with Crippen molar-refractivity contribution in [2.45, 2.75) is 63.9 Å². The van der Waals surface area contributed by atoms with Crippen LogP contribution in [0.25, 0.3) is 0 Å². The fourth-order valence-electron chi connectivity index (χ4n) is 2.15. The minimum absolute atomic E-state index is 0.489. The highest BCUT2D eigenvalue weighted by Gasteiger charge is 2.35. The van der Waals surface area contributed by atoms with Crippen LogP contribution in [0.5, 0.6) is 0 Å². The Morgan fingerprint density at radius 2 is 1.64 bits per heavy atom. The summed E-state index contributed by atoms with van der Waals surface area (Å²) in [6.07, 6.45) is -3.02. The highest BCUT2D eigenvalue weighted by molar-refractivity contribution is 7.84. The lowest BCUT2D eigenvalue weighted by molar-refractivity contribution is -0.137. The molecule has 126 valence electrons. The van der Waals surface area contributed by atoms with Crippen molar-refractivity contribution >= 4 is 11.0 Å². The lowest BCUT2D eigenvalue weighted by Crippen LogP contribution is -2.46. The number of nitrogens with one attached hydrogen (secondary N) is 1. The molecule has 0 aliphatic rings. The molecule has 1 rings (SSSR count). The molecule has 0 amide bonds. The maximum Gasteiger partial charge on any atom is 0.416 e. The maximum absolute atomic E-state index is 12.9. The summed E-state index contributed by atoms with van der Waals surface area (Å²) in [7, 11) is -1.37. The summed E-state index contributed by atoms with van der Waals surface area (Å²) >= 11 is 0. The topological polar surface area (TPSA) is 29.1 Å². The molecule has 0 aliphatic heterocycles. The molecule has 2 nitrogen and oxygen atoms in total. The fourth-order valence-corrected chi connectivity index (χ4v) is 3.09. The zero-order chi connectivity index (χ0) is 17.2. The standard InChI is InChI=1S/C16H24F3NOS/c1-6-10-15(5,20-22(21)14(2,3)4)12-8-7-9-13(11-12)16(17,18)19/h7-9,11,20H,6,10H2,1-5H3. The molecule has 1 aromatic rings. The molecule has 0 aromatic heterocycles. The summed E-state index contributed by atoms with van der Waals surface area (Å²) in [5.41, 5.74) is -0.953. The van der Waals surface area contributed by atoms with E-state index in [1.165, 1.54) is 6.07 Å². The first-order valence-corrected chi connectivity index (χ1v) is 8.42. The van der Waals surface area contributed by atoms with Gasteiger partial charge in [0.15, 0.2) is 0 Å². The molecular formula is C16H24F3NOS. The largest absolute Gasteiger partial charge is 0.416 e. The van der Waals surface area contributed by atoms with Crippen molar-refractivity contribution in [3.05, 3.63) is 35.4 Å². The van der Waals surface area contributed by atoms with Crippen LogP contribution in [0.3, 0.4) is 0 Å². The van der Waals surface area contributed by atoms with E-state index in [0.717, 1.165) is 18.6 Å². The van der Waals surface area contributed by atoms with E-state index in [2.05, 4.69) is 4.72 Å². The molecule has 1 N–H and O–H groups in total. The summed E-state index contributed by atoms with van der Waals surface area (Å²) < 4.78 is 53.7. The second-order valence-electron chi connectivity index (χ2n) is 6.64. The van der Waals surface area contributed by atoms with Crippen LogP contribution < -0.4 is 4.72 Å². The van der Waals surface area contributed by atoms with E-state index in [1.54, 1.807) is 13.0 Å². The second-order valence-corrected chi connectivity index (χ2v) is 8.61. The van der Waals surface area contributed by atoms with Crippen LogP contribution >= 0.6 is 0 Å². The Bertz CT molecular complexity index is 537. The van der Waals surface area contributed by atoms with Crippen LogP contribution in [0.2, 0.25) is 0 Å². The van der Waals surface area contributed by atoms with Crippen LogP contribution in [0.1, 0.15) is 58.6 Å². The summed E-state index contributed by atoms with van der Waals surface area (Å²) in [5.74, 6) is 0. The average molecular weight is 335 g/mol. The first-order valence-electron chi connectivity index (χ1n) is 7.27. The summed E-state index contributed by atoms with van der Waals surface area (Å²) in [4.78, 5) is 0. The minimum Gasteiger partial charge on any atom is -0.242 e. The fraction of sp³-hybridized carbons (Fsp3) is 0.625. The molecule has 0 spiro atoms. The van der Waals surface area contributed by atoms with E-state index in [-0.39, 0.29) is 0 Å². The molecular weight excluding hydrogens is 311 g/mol. The van der Waals surface area contributed by atoms with Gasteiger partial charge in [-0.15, -0.1) is 0 Å². The molecule has 1 aromatic carbocycles. The third-order valence-electron chi connectivity index (χ3n) is 3.45. The molecule has 2 atom stereocenters. The minimum atomic E-state index is -4.38. The number of rotatable bonds is 5. The monoisotopic (exact) mass is 335 g/mol. The van der Waals surface area contributed by atoms with Gasteiger partial charge in [0.1, 0.15) is 0 Å². The van der Waals surface area contributed by atoms with E-state index in [9.17, 15) is 17.4 Å². The van der Waals surface area contributed by atoms with Gasteiger partial charge in [0.2, 0.25) is 0 Å². The van der Waals surface area contributed by atoms with E-state index in [4.69, 9.17) is 0 Å². The lowest BCUT2D eigenvalue weighted by atomic mass is 9.88. The number of benzene rings is 1. The highest BCUT2D eigenvalue weighted by Crippen LogP contribution is 2.34. The van der Waals surface area contributed by atoms with Crippen LogP contribution in [0.4, 0.5) is 13.2 Å². The molecule has 6 heteroatoms. The van der Waals surface area contributed by atoms with Gasteiger partial charge in [0.05, 0.1) is 26.8 Å². The smallest absolute Gasteiger partial charge is 0.242 e. The van der Waals surface area contributed by atoms with Crippen molar-refractivity contribution in [2.75, 3.05) is 0 Å². The zero-order valence-corrected chi connectivity index (χ0v) is 14.5. The number of alkyl halides is 3. The summed E-state index contributed by atoms with van der Waals surface area (Å²) in [6, 6.07) is 5.24. The van der Waals surface area contributed by atoms with Gasteiger partial charge in [0.25, 0.3) is 0 Å². The Kier molecular flexibility index (Phi) is 5.84. The second kappa shape index (κ2) is 6.71. The maximum atomic E-state index is 12.9. The summed E-state index contributed by atoms with van der Waals surface area (Å²) in [6.45, 7) is 9.24. The van der Waals surface area contributed by atoms with Crippen molar-refractivity contribution in [3.63, 3.8) is 0 Å². The molecule has 0 saturated carbocycles. The Morgan fingerprint density at radius 3 is 2.09 bits per heavy atom. The zero-order valence-electron chi connectivity index (χ0n) is 13.7.